The van der Waals surface area contributed by atoms with Gasteiger partial charge in [-0.15, -0.1) is 6.67 Å². The summed E-state index contributed by atoms with van der Waals surface area (Å²) < 4.78 is 2.79. The van der Waals surface area contributed by atoms with Crippen molar-refractivity contribution in [2.45, 2.75) is 30.7 Å². The molecule has 1 aromatic carbocycles. The monoisotopic (exact) mass is 580 g/mol. The van der Waals surface area contributed by atoms with E-state index in [0.29, 0.717) is 35.3 Å². The molecule has 5 aliphatic rings. The first-order valence-electron chi connectivity index (χ1n) is 12.6. The summed E-state index contributed by atoms with van der Waals surface area (Å²) in [5.74, 6) is 9.31. The van der Waals surface area contributed by atoms with Crippen LogP contribution in [0.3, 0.4) is 0 Å². The van der Waals surface area contributed by atoms with E-state index in [2.05, 4.69) is 108 Å². The zero-order chi connectivity index (χ0) is 25.1. The average Bonchev–Trinajstić information content (AvgIpc) is 3.49. The Bertz CT molecular complexity index is 1160. The summed E-state index contributed by atoms with van der Waals surface area (Å²) in [6, 6.07) is 10.8. The molecule has 4 aliphatic carbocycles. The van der Waals surface area contributed by atoms with Gasteiger partial charge < -0.3 is 17.3 Å². The number of rotatable bonds is 2. The van der Waals surface area contributed by atoms with Crippen LogP contribution in [0.4, 0.5) is 0 Å². The molecular weight excluding hydrogens is 547 g/mol. The minimum atomic E-state index is -1.84. The van der Waals surface area contributed by atoms with Crippen molar-refractivity contribution in [1.82, 2.24) is 4.57 Å². The molecule has 37 heavy (non-hydrogen) atoms. The number of benzene rings is 1. The van der Waals surface area contributed by atoms with E-state index >= 15 is 0 Å². The fraction of sp³-hybridized carbons (Fsp3) is 0.323. The summed E-state index contributed by atoms with van der Waals surface area (Å²) >= 11 is -0.556. The van der Waals surface area contributed by atoms with Crippen molar-refractivity contribution < 1.29 is 17.0 Å². The van der Waals surface area contributed by atoms with Gasteiger partial charge in [-0.1, -0.05) is 116 Å². The Morgan fingerprint density at radius 1 is 0.838 bits per heavy atom. The van der Waals surface area contributed by atoms with Gasteiger partial charge in [-0.25, -0.2) is 0 Å². The van der Waals surface area contributed by atoms with Crippen LogP contribution in [0, 0.1) is 42.9 Å². The fourth-order valence-electron chi connectivity index (χ4n) is 6.92. The van der Waals surface area contributed by atoms with Crippen molar-refractivity contribution in [3.8, 4) is 11.8 Å². The third kappa shape index (κ3) is 5.68. The third-order valence-corrected chi connectivity index (χ3v) is 12.7. The first kappa shape index (κ1) is 28.7. The van der Waals surface area contributed by atoms with Crippen LogP contribution in [0.2, 0.25) is 18.6 Å². The normalized spacial score (nSPS) is 32.5. The van der Waals surface area contributed by atoms with Crippen molar-refractivity contribution >= 4 is 26.8 Å². The molecule has 0 N–H and O–H groups in total. The van der Waals surface area contributed by atoms with E-state index in [-0.39, 0.29) is 13.5 Å². The molecule has 1 saturated carbocycles. The first-order valence-corrected chi connectivity index (χ1v) is 19.9. The van der Waals surface area contributed by atoms with Crippen LogP contribution in [-0.4, -0.2) is 31.6 Å². The van der Waals surface area contributed by atoms with Crippen LogP contribution in [0.15, 0.2) is 103 Å². The molecule has 1 aliphatic heterocycles. The second-order valence-corrected chi connectivity index (χ2v) is 17.6. The van der Waals surface area contributed by atoms with Crippen LogP contribution < -0.4 is 0 Å². The Morgan fingerprint density at radius 3 is 2.00 bits per heavy atom. The fourth-order valence-corrected chi connectivity index (χ4v) is 11.3. The van der Waals surface area contributed by atoms with Gasteiger partial charge in [0.15, 0.2) is 0 Å². The summed E-state index contributed by atoms with van der Waals surface area (Å²) in [6.45, 7) is 6.01. The number of halogens is 2. The molecule has 1 heterocycles. The Kier molecular flexibility index (Phi) is 9.81. The summed E-state index contributed by atoms with van der Waals surface area (Å²) in [5.41, 5.74) is 2.90. The molecule has 6 heteroatoms. The van der Waals surface area contributed by atoms with E-state index in [1.807, 2.05) is 18.2 Å². The van der Waals surface area contributed by atoms with Crippen molar-refractivity contribution in [2.75, 3.05) is 6.67 Å². The molecule has 2 nitrogen and oxygen atoms in total. The number of nitrogens with zero attached hydrogens (tertiary/aromatic N) is 2. The molecule has 0 bridgehead atoms. The predicted molar refractivity (Wildman–Crippen MR) is 158 cm³/mol. The Balaban J connectivity index is 0.000000765. The Labute approximate surface area is 241 Å². The Hall–Kier alpha value is -1.35. The molecule has 0 radical (unpaired) electrons. The summed E-state index contributed by atoms with van der Waals surface area (Å²) in [4.78, 5) is 0. The molecule has 192 valence electrons. The standard InChI is InChI=1S/C30H31N2Si.CH3.2ClH.Ti/c1-33(2,30-26-16-8-6-14-24(26)25-15-7-9-17-27(25)30)32-21-31-29-23(13-10-18-28(29)32)20-19-22-11-4-3-5-12-22;;;;/h3-18,24-30H,21H2,1-2H3;1H3;2*1H;/q2*-1;;;+2/p-2/t24?,25?,26?,27?,28-,29?,30?;;;;/m1..../s1. The summed E-state index contributed by atoms with van der Waals surface area (Å²) in [7, 11) is 7.94. The number of fused-ring (bicyclic) bond motifs is 4. The van der Waals surface area contributed by atoms with Crippen molar-refractivity contribution in [3.05, 3.63) is 121 Å². The summed E-state index contributed by atoms with van der Waals surface area (Å²) in [5, 5.41) is 5.15. The quantitative estimate of drug-likeness (QED) is 0.196. The summed E-state index contributed by atoms with van der Waals surface area (Å²) in [6.07, 6.45) is 25.8. The number of allylic oxidation sites excluding steroid dienone is 10. The van der Waals surface area contributed by atoms with E-state index < -0.39 is 25.3 Å². The second-order valence-electron chi connectivity index (χ2n) is 10.5. The van der Waals surface area contributed by atoms with Crippen molar-refractivity contribution in [1.29, 1.82) is 0 Å². The van der Waals surface area contributed by atoms with Gasteiger partial charge in [0.05, 0.1) is 0 Å². The van der Waals surface area contributed by atoms with Gasteiger partial charge >= 0.3 is 35.6 Å². The van der Waals surface area contributed by atoms with Gasteiger partial charge in [0.1, 0.15) is 8.24 Å². The molecule has 1 aromatic rings. The van der Waals surface area contributed by atoms with Gasteiger partial charge in [0.2, 0.25) is 0 Å². The van der Waals surface area contributed by atoms with Crippen LogP contribution in [0.25, 0.3) is 5.32 Å². The minimum absolute atomic E-state index is 0. The van der Waals surface area contributed by atoms with Gasteiger partial charge in [-0.05, 0) is 46.9 Å². The van der Waals surface area contributed by atoms with Crippen LogP contribution in [0.5, 0.6) is 0 Å². The van der Waals surface area contributed by atoms with E-state index in [1.54, 1.807) is 0 Å². The molecular formula is C31H34Cl2N2SiTi-2. The van der Waals surface area contributed by atoms with Crippen LogP contribution >= 0.6 is 18.6 Å². The van der Waals surface area contributed by atoms with E-state index in [0.717, 1.165) is 17.8 Å². The van der Waals surface area contributed by atoms with Gasteiger partial charge in [0.25, 0.3) is 0 Å². The van der Waals surface area contributed by atoms with Gasteiger partial charge in [-0.2, -0.15) is 0 Å². The third-order valence-electron chi connectivity index (χ3n) is 8.42. The van der Waals surface area contributed by atoms with E-state index in [1.165, 1.54) is 0 Å². The maximum atomic E-state index is 5.15. The maximum absolute atomic E-state index is 5.15. The topological polar surface area (TPSA) is 17.3 Å². The van der Waals surface area contributed by atoms with Crippen LogP contribution in [-0.2, 0) is 17.0 Å². The zero-order valence-electron chi connectivity index (χ0n) is 21.6. The number of hydrogen-bond donors (Lipinski definition) is 0. The molecule has 5 unspecified atom stereocenters. The van der Waals surface area contributed by atoms with Gasteiger partial charge in [0, 0.05) is 11.6 Å². The van der Waals surface area contributed by atoms with Crippen LogP contribution in [0.1, 0.15) is 5.56 Å². The molecule has 2 fully saturated rings. The van der Waals surface area contributed by atoms with E-state index in [9.17, 15) is 0 Å². The SMILES string of the molecule is C[Si](C)(C1C2C=CC=CC2C2C=CC=CC21)N1C[N-]C2C(C#Cc3ccccc3)=CC=C[C@H]21.[CH3-].[Cl][Ti][Cl]. The Morgan fingerprint density at radius 2 is 1.41 bits per heavy atom. The molecule has 1 saturated heterocycles. The molecule has 6 atom stereocenters. The predicted octanol–water partition coefficient (Wildman–Crippen LogP) is 8.05. The first-order chi connectivity index (χ1) is 17.6. The molecule has 0 amide bonds. The van der Waals surface area contributed by atoms with Crippen molar-refractivity contribution in [2.24, 2.45) is 23.7 Å². The average molecular weight is 581 g/mol. The molecule has 0 aromatic heterocycles. The number of hydrogen-bond acceptors (Lipinski definition) is 1. The van der Waals surface area contributed by atoms with E-state index in [4.69, 9.17) is 23.9 Å². The molecule has 0 spiro atoms. The molecule has 6 rings (SSSR count). The van der Waals surface area contributed by atoms with Gasteiger partial charge in [-0.3, -0.25) is 0 Å². The second kappa shape index (κ2) is 12.7. The van der Waals surface area contributed by atoms with Crippen molar-refractivity contribution in [3.63, 3.8) is 0 Å². The zero-order valence-corrected chi connectivity index (χ0v) is 25.7.